The predicted molar refractivity (Wildman–Crippen MR) is 87.5 cm³/mol. The van der Waals surface area contributed by atoms with Gasteiger partial charge in [-0.15, -0.1) is 0 Å². The fraction of sp³-hybridized carbons (Fsp3) is 0.263. The fourth-order valence-electron chi connectivity index (χ4n) is 3.11. The second-order valence-corrected chi connectivity index (χ2v) is 6.05. The minimum atomic E-state index is -3.53. The molecule has 0 aliphatic carbocycles. The summed E-state index contributed by atoms with van der Waals surface area (Å²) in [6.45, 7) is 0.451. The largest absolute Gasteiger partial charge is 0.378 e. The average Bonchev–Trinajstić information content (AvgIpc) is 2.86. The SMILES string of the molecule is COCC(F)(F)c1cccc(C(C)N2C(=O)c3ccccc3C2=O)c1F. The van der Waals surface area contributed by atoms with Crippen molar-refractivity contribution in [3.63, 3.8) is 0 Å². The third-order valence-corrected chi connectivity index (χ3v) is 4.41. The smallest absolute Gasteiger partial charge is 0.298 e. The van der Waals surface area contributed by atoms with Crippen LogP contribution in [0.15, 0.2) is 42.5 Å². The first-order valence-corrected chi connectivity index (χ1v) is 7.92. The molecular formula is C19H16F3NO3. The summed E-state index contributed by atoms with van der Waals surface area (Å²) in [6.07, 6.45) is 0. The maximum Gasteiger partial charge on any atom is 0.298 e. The molecule has 1 aliphatic rings. The summed E-state index contributed by atoms with van der Waals surface area (Å²) in [6, 6.07) is 8.72. The van der Waals surface area contributed by atoms with Crippen molar-refractivity contribution < 1.29 is 27.5 Å². The fourth-order valence-corrected chi connectivity index (χ4v) is 3.11. The van der Waals surface area contributed by atoms with Gasteiger partial charge in [0.1, 0.15) is 12.4 Å². The molecule has 0 spiro atoms. The molecule has 1 unspecified atom stereocenters. The number of amides is 2. The molecule has 136 valence electrons. The molecule has 1 atom stereocenters. The number of imide groups is 1. The van der Waals surface area contributed by atoms with Gasteiger partial charge in [0.15, 0.2) is 0 Å². The molecule has 0 fully saturated rings. The molecule has 0 N–H and O–H groups in total. The van der Waals surface area contributed by atoms with Gasteiger partial charge < -0.3 is 4.74 Å². The number of hydrogen-bond acceptors (Lipinski definition) is 3. The Labute approximate surface area is 148 Å². The average molecular weight is 363 g/mol. The summed E-state index contributed by atoms with van der Waals surface area (Å²) in [5, 5.41) is 0. The molecule has 3 rings (SSSR count). The number of carbonyl (C=O) groups is 2. The molecule has 0 bridgehead atoms. The van der Waals surface area contributed by atoms with Crippen molar-refractivity contribution in [1.29, 1.82) is 0 Å². The number of fused-ring (bicyclic) bond motifs is 1. The quantitative estimate of drug-likeness (QED) is 0.757. The molecule has 2 aromatic carbocycles. The molecule has 1 heterocycles. The van der Waals surface area contributed by atoms with Crippen molar-refractivity contribution in [3.05, 3.63) is 70.5 Å². The highest BCUT2D eigenvalue weighted by Crippen LogP contribution is 2.36. The van der Waals surface area contributed by atoms with Crippen molar-refractivity contribution in [2.45, 2.75) is 18.9 Å². The first-order chi connectivity index (χ1) is 12.3. The van der Waals surface area contributed by atoms with Crippen LogP contribution in [0.4, 0.5) is 13.2 Å². The molecule has 7 heteroatoms. The lowest BCUT2D eigenvalue weighted by Gasteiger charge is -2.25. The van der Waals surface area contributed by atoms with E-state index in [0.29, 0.717) is 0 Å². The Kier molecular flexibility index (Phi) is 4.58. The second-order valence-electron chi connectivity index (χ2n) is 6.05. The molecule has 0 radical (unpaired) electrons. The lowest BCUT2D eigenvalue weighted by molar-refractivity contribution is -0.0723. The highest BCUT2D eigenvalue weighted by atomic mass is 19.3. The van der Waals surface area contributed by atoms with Crippen LogP contribution in [0.5, 0.6) is 0 Å². The van der Waals surface area contributed by atoms with Crippen molar-refractivity contribution in [2.24, 2.45) is 0 Å². The van der Waals surface area contributed by atoms with Gasteiger partial charge in [-0.1, -0.05) is 24.3 Å². The van der Waals surface area contributed by atoms with Crippen LogP contribution < -0.4 is 0 Å². The van der Waals surface area contributed by atoms with Gasteiger partial charge in [0.2, 0.25) is 0 Å². The van der Waals surface area contributed by atoms with E-state index in [9.17, 15) is 22.8 Å². The number of nitrogens with zero attached hydrogens (tertiary/aromatic N) is 1. The summed E-state index contributed by atoms with van der Waals surface area (Å²) in [7, 11) is 1.09. The Morgan fingerprint density at radius 1 is 1.04 bits per heavy atom. The lowest BCUT2D eigenvalue weighted by atomic mass is 9.99. The Hall–Kier alpha value is -2.67. The number of rotatable bonds is 5. The summed E-state index contributed by atoms with van der Waals surface area (Å²) >= 11 is 0. The maximum absolute atomic E-state index is 14.8. The summed E-state index contributed by atoms with van der Waals surface area (Å²) < 4.78 is 47.4. The van der Waals surface area contributed by atoms with E-state index < -0.39 is 41.8 Å². The zero-order valence-corrected chi connectivity index (χ0v) is 14.1. The van der Waals surface area contributed by atoms with E-state index in [-0.39, 0.29) is 16.7 Å². The first kappa shape index (κ1) is 18.1. The molecule has 2 aromatic rings. The van der Waals surface area contributed by atoms with Crippen LogP contribution in [0.3, 0.4) is 0 Å². The minimum Gasteiger partial charge on any atom is -0.378 e. The van der Waals surface area contributed by atoms with Gasteiger partial charge in [-0.2, -0.15) is 8.78 Å². The van der Waals surface area contributed by atoms with Crippen LogP contribution in [0.2, 0.25) is 0 Å². The molecule has 0 saturated heterocycles. The van der Waals surface area contributed by atoms with Crippen LogP contribution in [0.1, 0.15) is 44.8 Å². The molecule has 0 saturated carbocycles. The van der Waals surface area contributed by atoms with E-state index in [4.69, 9.17) is 0 Å². The minimum absolute atomic E-state index is 0.159. The number of methoxy groups -OCH3 is 1. The Bertz CT molecular complexity index is 847. The summed E-state index contributed by atoms with van der Waals surface area (Å²) in [5.41, 5.74) is -0.565. The van der Waals surface area contributed by atoms with Crippen molar-refractivity contribution in [1.82, 2.24) is 4.90 Å². The van der Waals surface area contributed by atoms with Crippen LogP contribution in [0, 0.1) is 5.82 Å². The third kappa shape index (κ3) is 2.78. The number of alkyl halides is 2. The Balaban J connectivity index is 2.01. The van der Waals surface area contributed by atoms with E-state index in [1.54, 1.807) is 12.1 Å². The third-order valence-electron chi connectivity index (χ3n) is 4.41. The molecule has 26 heavy (non-hydrogen) atoms. The number of halogens is 3. The number of ether oxygens (including phenoxy) is 1. The van der Waals surface area contributed by atoms with Gasteiger partial charge in [0.05, 0.1) is 22.7 Å². The zero-order chi connectivity index (χ0) is 19.1. The van der Waals surface area contributed by atoms with E-state index >= 15 is 0 Å². The molecule has 2 amide bonds. The highest BCUT2D eigenvalue weighted by molar-refractivity contribution is 6.21. The normalized spacial score (nSPS) is 15.3. The van der Waals surface area contributed by atoms with Crippen molar-refractivity contribution >= 4 is 11.8 Å². The summed E-state index contributed by atoms with van der Waals surface area (Å²) in [4.78, 5) is 26.0. The van der Waals surface area contributed by atoms with Gasteiger partial charge in [0.25, 0.3) is 17.7 Å². The van der Waals surface area contributed by atoms with Gasteiger partial charge in [0, 0.05) is 12.7 Å². The van der Waals surface area contributed by atoms with Gasteiger partial charge in [-0.05, 0) is 25.1 Å². The number of carbonyl (C=O) groups excluding carboxylic acids is 2. The van der Waals surface area contributed by atoms with Gasteiger partial charge in [-0.3, -0.25) is 14.5 Å². The zero-order valence-electron chi connectivity index (χ0n) is 14.1. The highest BCUT2D eigenvalue weighted by Gasteiger charge is 2.41. The molecule has 4 nitrogen and oxygen atoms in total. The lowest BCUT2D eigenvalue weighted by Crippen LogP contribution is -2.33. The molecular weight excluding hydrogens is 347 g/mol. The molecule has 1 aliphatic heterocycles. The Morgan fingerprint density at radius 2 is 1.62 bits per heavy atom. The van der Waals surface area contributed by atoms with E-state index in [2.05, 4.69) is 4.74 Å². The van der Waals surface area contributed by atoms with Gasteiger partial charge >= 0.3 is 0 Å². The molecule has 0 aromatic heterocycles. The number of benzene rings is 2. The van der Waals surface area contributed by atoms with E-state index in [1.807, 2.05) is 0 Å². The van der Waals surface area contributed by atoms with Crippen molar-refractivity contribution in [3.8, 4) is 0 Å². The van der Waals surface area contributed by atoms with E-state index in [0.717, 1.165) is 18.1 Å². The van der Waals surface area contributed by atoms with Crippen LogP contribution in [0.25, 0.3) is 0 Å². The Morgan fingerprint density at radius 3 is 2.15 bits per heavy atom. The maximum atomic E-state index is 14.8. The predicted octanol–water partition coefficient (Wildman–Crippen LogP) is 3.92. The second kappa shape index (κ2) is 6.57. The monoisotopic (exact) mass is 363 g/mol. The van der Waals surface area contributed by atoms with Crippen LogP contribution >= 0.6 is 0 Å². The standard InChI is InChI=1S/C19H16F3NO3/c1-11(23-17(24)13-6-3-4-7-14(13)18(23)25)12-8-5-9-15(16(12)20)19(21,22)10-26-2/h3-9,11H,10H2,1-2H3. The van der Waals surface area contributed by atoms with Crippen LogP contribution in [-0.2, 0) is 10.7 Å². The topological polar surface area (TPSA) is 46.6 Å². The number of hydrogen-bond donors (Lipinski definition) is 0. The van der Waals surface area contributed by atoms with E-state index in [1.165, 1.54) is 31.2 Å². The summed E-state index contributed by atoms with van der Waals surface area (Å²) in [5.74, 6) is -5.84. The van der Waals surface area contributed by atoms with Crippen LogP contribution in [-0.4, -0.2) is 30.4 Å². The van der Waals surface area contributed by atoms with Crippen molar-refractivity contribution in [2.75, 3.05) is 13.7 Å². The first-order valence-electron chi connectivity index (χ1n) is 7.92. The van der Waals surface area contributed by atoms with Gasteiger partial charge in [-0.25, -0.2) is 4.39 Å².